The molecule has 0 saturated carbocycles. The number of nitrogens with zero attached hydrogens (tertiary/aromatic N) is 3. The number of nitrogens with two attached hydrogens (primary N) is 1. The number of carbonyl (C=O) groups excluding carboxylic acids is 1. The highest BCUT2D eigenvalue weighted by Gasteiger charge is 2.32. The van der Waals surface area contributed by atoms with Gasteiger partial charge in [-0.15, -0.1) is 0 Å². The van der Waals surface area contributed by atoms with Crippen molar-refractivity contribution >= 4 is 44.0 Å². The zero-order valence-corrected chi connectivity index (χ0v) is 16.3. The van der Waals surface area contributed by atoms with E-state index in [2.05, 4.69) is 15.3 Å². The van der Waals surface area contributed by atoms with Gasteiger partial charge in [0.05, 0.1) is 11.6 Å². The fraction of sp³-hybridized carbons (Fsp3) is 0.600. The van der Waals surface area contributed by atoms with Gasteiger partial charge in [-0.25, -0.2) is 14.8 Å². The molecule has 4 N–H and O–H groups in total. The maximum atomic E-state index is 12.3. The molecule has 1 aliphatic rings. The van der Waals surface area contributed by atoms with Gasteiger partial charge in [0.2, 0.25) is 0 Å². The van der Waals surface area contributed by atoms with Gasteiger partial charge in [-0.2, -0.15) is 0 Å². The first-order valence-corrected chi connectivity index (χ1v) is 8.85. The second kappa shape index (κ2) is 7.49. The van der Waals surface area contributed by atoms with E-state index in [1.54, 1.807) is 4.90 Å². The van der Waals surface area contributed by atoms with Crippen molar-refractivity contribution in [3.8, 4) is 0 Å². The van der Waals surface area contributed by atoms with Gasteiger partial charge in [0.25, 0.3) is 0 Å². The van der Waals surface area contributed by atoms with Crippen LogP contribution in [0.3, 0.4) is 0 Å². The standard InChI is InChI=1S/C15H23IN6O2/c1-15(2,3)24-14(23)22-6-4-5-9(22)7-19-13-10(11(16)17)12(18)20-8-21-13/h8-9,17H,4-7H2,1-3H3,(H3,18,19,20,21). The Morgan fingerprint density at radius 1 is 1.54 bits per heavy atom. The lowest BCUT2D eigenvalue weighted by atomic mass is 10.2. The lowest BCUT2D eigenvalue weighted by Gasteiger charge is -2.29. The van der Waals surface area contributed by atoms with E-state index in [-0.39, 0.29) is 21.7 Å². The van der Waals surface area contributed by atoms with E-state index < -0.39 is 5.60 Å². The highest BCUT2D eigenvalue weighted by Crippen LogP contribution is 2.24. The molecule has 1 aromatic rings. The average molecular weight is 446 g/mol. The summed E-state index contributed by atoms with van der Waals surface area (Å²) in [5.74, 6) is 0.778. The fourth-order valence-corrected chi connectivity index (χ4v) is 3.10. The van der Waals surface area contributed by atoms with Crippen molar-refractivity contribution in [2.75, 3.05) is 24.1 Å². The topological polar surface area (TPSA) is 117 Å². The molecule has 1 amide bonds. The van der Waals surface area contributed by atoms with E-state index in [0.29, 0.717) is 24.5 Å². The van der Waals surface area contributed by atoms with E-state index in [0.717, 1.165) is 12.8 Å². The van der Waals surface area contributed by atoms with Crippen molar-refractivity contribution in [1.29, 1.82) is 5.41 Å². The predicted octanol–water partition coefficient (Wildman–Crippen LogP) is 2.63. The zero-order valence-electron chi connectivity index (χ0n) is 14.1. The number of aromatic nitrogens is 2. The minimum absolute atomic E-state index is 0.0206. The van der Waals surface area contributed by atoms with Gasteiger partial charge in [-0.05, 0) is 56.2 Å². The molecular formula is C15H23IN6O2. The molecule has 1 unspecified atom stereocenters. The highest BCUT2D eigenvalue weighted by molar-refractivity contribution is 14.1. The Hall–Kier alpha value is -1.65. The van der Waals surface area contributed by atoms with Gasteiger partial charge >= 0.3 is 6.09 Å². The molecule has 2 rings (SSSR count). The largest absolute Gasteiger partial charge is 0.444 e. The highest BCUT2D eigenvalue weighted by atomic mass is 127. The number of nitrogen functional groups attached to an aromatic ring is 1. The Morgan fingerprint density at radius 3 is 2.88 bits per heavy atom. The lowest BCUT2D eigenvalue weighted by molar-refractivity contribution is 0.0235. The summed E-state index contributed by atoms with van der Waals surface area (Å²) in [5.41, 5.74) is 5.80. The first-order chi connectivity index (χ1) is 11.2. The molecule has 0 radical (unpaired) electrons. The second-order valence-corrected chi connectivity index (χ2v) is 7.73. The molecule has 132 valence electrons. The number of halogens is 1. The second-order valence-electron chi connectivity index (χ2n) is 6.65. The number of nitrogens with one attached hydrogen (secondary N) is 2. The Balaban J connectivity index is 2.05. The summed E-state index contributed by atoms with van der Waals surface area (Å²) in [6.45, 7) is 6.78. The molecule has 1 aliphatic heterocycles. The third-order valence-corrected chi connectivity index (χ3v) is 4.15. The molecule has 0 bridgehead atoms. The Labute approximate surface area is 155 Å². The molecule has 24 heavy (non-hydrogen) atoms. The summed E-state index contributed by atoms with van der Waals surface area (Å²) in [6, 6.07) is 0.0206. The number of hydrogen-bond acceptors (Lipinski definition) is 7. The molecule has 9 heteroatoms. The summed E-state index contributed by atoms with van der Waals surface area (Å²) in [7, 11) is 0. The van der Waals surface area contributed by atoms with E-state index in [1.807, 2.05) is 43.4 Å². The van der Waals surface area contributed by atoms with Crippen molar-refractivity contribution in [3.05, 3.63) is 11.9 Å². The lowest BCUT2D eigenvalue weighted by Crippen LogP contribution is -2.42. The van der Waals surface area contributed by atoms with Crippen molar-refractivity contribution in [2.45, 2.75) is 45.3 Å². The van der Waals surface area contributed by atoms with Gasteiger partial charge in [-0.1, -0.05) is 0 Å². The van der Waals surface area contributed by atoms with Crippen LogP contribution in [0.2, 0.25) is 0 Å². The maximum absolute atomic E-state index is 12.3. The van der Waals surface area contributed by atoms with Gasteiger partial charge in [0.1, 0.15) is 27.3 Å². The Kier molecular flexibility index (Phi) is 5.83. The van der Waals surface area contributed by atoms with Crippen LogP contribution < -0.4 is 11.1 Å². The Bertz CT molecular complexity index is 631. The van der Waals surface area contributed by atoms with Gasteiger partial charge in [0.15, 0.2) is 0 Å². The van der Waals surface area contributed by atoms with Crippen LogP contribution in [0.1, 0.15) is 39.2 Å². The predicted molar refractivity (Wildman–Crippen MR) is 102 cm³/mol. The quantitative estimate of drug-likeness (QED) is 0.484. The number of ether oxygens (including phenoxy) is 1. The summed E-state index contributed by atoms with van der Waals surface area (Å²) in [4.78, 5) is 22.1. The minimum Gasteiger partial charge on any atom is -0.444 e. The number of likely N-dealkylation sites (tertiary alicyclic amines) is 1. The first kappa shape index (κ1) is 18.7. The number of amides is 1. The molecule has 0 aliphatic carbocycles. The van der Waals surface area contributed by atoms with Crippen LogP contribution in [0, 0.1) is 5.41 Å². The molecule has 0 aromatic carbocycles. The molecule has 2 heterocycles. The molecular weight excluding hydrogens is 423 g/mol. The van der Waals surface area contributed by atoms with Gasteiger partial charge < -0.3 is 20.7 Å². The monoisotopic (exact) mass is 446 g/mol. The SMILES string of the molecule is CC(C)(C)OC(=O)N1CCCC1CNc1ncnc(N)c1C(=N)I. The molecule has 1 saturated heterocycles. The summed E-state index contributed by atoms with van der Waals surface area (Å²) >= 11 is 1.88. The third kappa shape index (κ3) is 4.68. The van der Waals surface area contributed by atoms with Crippen LogP contribution in [-0.2, 0) is 4.74 Å². The number of carbonyl (C=O) groups is 1. The smallest absolute Gasteiger partial charge is 0.410 e. The molecule has 8 nitrogen and oxygen atoms in total. The summed E-state index contributed by atoms with van der Waals surface area (Å²) in [5, 5.41) is 11.0. The molecule has 1 fully saturated rings. The number of rotatable bonds is 4. The van der Waals surface area contributed by atoms with Gasteiger partial charge in [0, 0.05) is 13.1 Å². The van der Waals surface area contributed by atoms with Crippen molar-refractivity contribution in [1.82, 2.24) is 14.9 Å². The minimum atomic E-state index is -0.512. The van der Waals surface area contributed by atoms with Crippen LogP contribution in [0.25, 0.3) is 0 Å². The van der Waals surface area contributed by atoms with Crippen LogP contribution in [0.15, 0.2) is 6.33 Å². The van der Waals surface area contributed by atoms with Crippen LogP contribution in [0.5, 0.6) is 0 Å². The van der Waals surface area contributed by atoms with Crippen molar-refractivity contribution < 1.29 is 9.53 Å². The number of hydrogen-bond donors (Lipinski definition) is 3. The van der Waals surface area contributed by atoms with Crippen molar-refractivity contribution in [3.63, 3.8) is 0 Å². The van der Waals surface area contributed by atoms with Crippen LogP contribution in [-0.4, -0.2) is 49.4 Å². The maximum Gasteiger partial charge on any atom is 0.410 e. The van der Waals surface area contributed by atoms with E-state index in [1.165, 1.54) is 6.33 Å². The summed E-state index contributed by atoms with van der Waals surface area (Å²) in [6.07, 6.45) is 2.90. The number of anilines is 2. The van der Waals surface area contributed by atoms with Gasteiger partial charge in [-0.3, -0.25) is 5.41 Å². The molecule has 0 spiro atoms. The van der Waals surface area contributed by atoms with E-state index in [9.17, 15) is 4.79 Å². The first-order valence-electron chi connectivity index (χ1n) is 7.77. The average Bonchev–Trinajstić information content (AvgIpc) is 2.91. The zero-order chi connectivity index (χ0) is 17.9. The third-order valence-electron chi connectivity index (χ3n) is 3.61. The fourth-order valence-electron chi connectivity index (χ4n) is 2.57. The van der Waals surface area contributed by atoms with Crippen molar-refractivity contribution in [2.24, 2.45) is 0 Å². The van der Waals surface area contributed by atoms with Crippen LogP contribution >= 0.6 is 22.6 Å². The van der Waals surface area contributed by atoms with E-state index in [4.69, 9.17) is 15.9 Å². The van der Waals surface area contributed by atoms with E-state index >= 15 is 0 Å². The Morgan fingerprint density at radius 2 is 2.25 bits per heavy atom. The van der Waals surface area contributed by atoms with Crippen LogP contribution in [0.4, 0.5) is 16.4 Å². The molecule has 1 atom stereocenters. The molecule has 1 aromatic heterocycles. The normalized spacial score (nSPS) is 17.7. The summed E-state index contributed by atoms with van der Waals surface area (Å²) < 4.78 is 5.73.